The van der Waals surface area contributed by atoms with E-state index in [0.29, 0.717) is 5.82 Å². The summed E-state index contributed by atoms with van der Waals surface area (Å²) >= 11 is 5.57. The van der Waals surface area contributed by atoms with Crippen molar-refractivity contribution in [3.8, 4) is 0 Å². The van der Waals surface area contributed by atoms with Crippen molar-refractivity contribution in [1.29, 1.82) is 0 Å². The zero-order valence-corrected chi connectivity index (χ0v) is 14.2. The van der Waals surface area contributed by atoms with Crippen LogP contribution in [0.4, 0.5) is 24.7 Å². The average molecular weight is 372 g/mol. The van der Waals surface area contributed by atoms with Gasteiger partial charge in [-0.05, 0) is 36.8 Å². The second-order valence-corrected chi connectivity index (χ2v) is 5.76. The van der Waals surface area contributed by atoms with Crippen LogP contribution in [0.5, 0.6) is 0 Å². The largest absolute Gasteiger partial charge is 0.417 e. The van der Waals surface area contributed by atoms with E-state index in [4.69, 9.17) is 11.6 Å². The molecule has 1 aromatic carbocycles. The van der Waals surface area contributed by atoms with Gasteiger partial charge in [-0.3, -0.25) is 4.79 Å². The van der Waals surface area contributed by atoms with Crippen LogP contribution in [-0.2, 0) is 6.18 Å². The van der Waals surface area contributed by atoms with Gasteiger partial charge in [-0.15, -0.1) is 0 Å². The summed E-state index contributed by atoms with van der Waals surface area (Å²) in [5.41, 5.74) is -0.694. The lowest BCUT2D eigenvalue weighted by molar-refractivity contribution is -0.137. The smallest absolute Gasteiger partial charge is 0.370 e. The number of benzene rings is 1. The summed E-state index contributed by atoms with van der Waals surface area (Å²) in [5, 5.41) is 5.10. The van der Waals surface area contributed by atoms with E-state index in [1.165, 1.54) is 18.3 Å². The number of hydrogen-bond donors (Lipinski definition) is 2. The first-order chi connectivity index (χ1) is 11.8. The Bertz CT molecular complexity index is 750. The zero-order valence-electron chi connectivity index (χ0n) is 13.5. The van der Waals surface area contributed by atoms with Crippen LogP contribution in [0.2, 0.25) is 5.02 Å². The van der Waals surface area contributed by atoms with Gasteiger partial charge in [0.2, 0.25) is 0 Å². The molecule has 1 heterocycles. The van der Waals surface area contributed by atoms with Crippen LogP contribution in [0.1, 0.15) is 35.7 Å². The molecule has 0 aliphatic carbocycles. The first-order valence-electron chi connectivity index (χ1n) is 7.69. The number of aromatic nitrogens is 1. The van der Waals surface area contributed by atoms with Gasteiger partial charge in [0.15, 0.2) is 0 Å². The van der Waals surface area contributed by atoms with Crippen LogP contribution in [0.15, 0.2) is 36.5 Å². The summed E-state index contributed by atoms with van der Waals surface area (Å²) in [6.45, 7) is 2.78. The summed E-state index contributed by atoms with van der Waals surface area (Å²) in [6.07, 6.45) is -1.15. The molecule has 2 N–H and O–H groups in total. The Morgan fingerprint density at radius 1 is 1.24 bits per heavy atom. The molecule has 0 aliphatic rings. The van der Waals surface area contributed by atoms with Gasteiger partial charge in [0.1, 0.15) is 5.82 Å². The fraction of sp³-hybridized carbons (Fsp3) is 0.294. The molecule has 1 aromatic heterocycles. The van der Waals surface area contributed by atoms with Crippen LogP contribution in [-0.4, -0.2) is 17.4 Å². The van der Waals surface area contributed by atoms with Crippen LogP contribution in [0.3, 0.4) is 0 Å². The summed E-state index contributed by atoms with van der Waals surface area (Å²) in [7, 11) is 0. The van der Waals surface area contributed by atoms with E-state index in [-0.39, 0.29) is 11.3 Å². The number of rotatable bonds is 6. The number of nitrogens with zero attached hydrogens (tertiary/aromatic N) is 1. The molecule has 2 aromatic rings. The number of unbranched alkanes of at least 4 members (excludes halogenated alkanes) is 1. The van der Waals surface area contributed by atoms with Crippen LogP contribution in [0, 0.1) is 0 Å². The van der Waals surface area contributed by atoms with E-state index in [2.05, 4.69) is 22.5 Å². The van der Waals surface area contributed by atoms with Crippen molar-refractivity contribution >= 4 is 29.0 Å². The lowest BCUT2D eigenvalue weighted by Crippen LogP contribution is -2.14. The number of alkyl halides is 3. The Morgan fingerprint density at radius 2 is 2.00 bits per heavy atom. The van der Waals surface area contributed by atoms with Gasteiger partial charge >= 0.3 is 6.18 Å². The number of carbonyl (C=O) groups is 1. The lowest BCUT2D eigenvalue weighted by Gasteiger charge is -2.12. The summed E-state index contributed by atoms with van der Waals surface area (Å²) in [6, 6.07) is 6.26. The second kappa shape index (κ2) is 8.20. The highest BCUT2D eigenvalue weighted by Gasteiger charge is 2.33. The Balaban J connectivity index is 2.13. The highest BCUT2D eigenvalue weighted by atomic mass is 35.5. The molecule has 2 rings (SSSR count). The molecule has 0 bridgehead atoms. The molecular weight excluding hydrogens is 355 g/mol. The third-order valence-corrected chi connectivity index (χ3v) is 3.72. The van der Waals surface area contributed by atoms with Crippen LogP contribution < -0.4 is 10.6 Å². The number of halogens is 4. The van der Waals surface area contributed by atoms with Crippen LogP contribution in [0.25, 0.3) is 0 Å². The van der Waals surface area contributed by atoms with Gasteiger partial charge in [-0.2, -0.15) is 13.2 Å². The van der Waals surface area contributed by atoms with Crippen molar-refractivity contribution in [3.63, 3.8) is 0 Å². The Hall–Kier alpha value is -2.28. The Kier molecular flexibility index (Phi) is 6.25. The Morgan fingerprint density at radius 3 is 2.68 bits per heavy atom. The lowest BCUT2D eigenvalue weighted by atomic mass is 10.1. The molecule has 8 heteroatoms. The molecule has 1 amide bonds. The molecular formula is C17H17ClF3N3O. The minimum atomic E-state index is -4.59. The molecule has 25 heavy (non-hydrogen) atoms. The fourth-order valence-electron chi connectivity index (χ4n) is 2.09. The topological polar surface area (TPSA) is 54.0 Å². The minimum Gasteiger partial charge on any atom is -0.370 e. The van der Waals surface area contributed by atoms with Crippen LogP contribution >= 0.6 is 11.6 Å². The van der Waals surface area contributed by atoms with E-state index in [0.717, 1.165) is 31.5 Å². The van der Waals surface area contributed by atoms with Crippen molar-refractivity contribution in [2.24, 2.45) is 0 Å². The zero-order chi connectivity index (χ0) is 18.4. The number of carbonyl (C=O) groups excluding carboxylic acids is 1. The minimum absolute atomic E-state index is 0.0130. The number of nitrogens with one attached hydrogen (secondary N) is 2. The number of amides is 1. The van der Waals surface area contributed by atoms with Gasteiger partial charge in [-0.25, -0.2) is 4.98 Å². The van der Waals surface area contributed by atoms with E-state index in [1.54, 1.807) is 6.07 Å². The predicted molar refractivity (Wildman–Crippen MR) is 92.0 cm³/mol. The average Bonchev–Trinajstić information content (AvgIpc) is 2.56. The Labute approximate surface area is 148 Å². The summed E-state index contributed by atoms with van der Waals surface area (Å²) < 4.78 is 38.6. The molecule has 0 saturated heterocycles. The van der Waals surface area contributed by atoms with Crippen molar-refractivity contribution < 1.29 is 18.0 Å². The molecule has 0 fully saturated rings. The SMILES string of the molecule is CCCCNc1cc(C(=O)Nc2ccc(Cl)c(C(F)(F)F)c2)ccn1. The van der Waals surface area contributed by atoms with E-state index >= 15 is 0 Å². The normalized spacial score (nSPS) is 11.2. The maximum Gasteiger partial charge on any atom is 0.417 e. The van der Waals surface area contributed by atoms with Gasteiger partial charge in [0.25, 0.3) is 5.91 Å². The molecule has 0 radical (unpaired) electrons. The quantitative estimate of drug-likeness (QED) is 0.684. The number of pyridine rings is 1. The summed E-state index contributed by atoms with van der Waals surface area (Å²) in [4.78, 5) is 16.4. The first kappa shape index (κ1) is 19.1. The highest BCUT2D eigenvalue weighted by molar-refractivity contribution is 6.31. The first-order valence-corrected chi connectivity index (χ1v) is 8.07. The monoisotopic (exact) mass is 371 g/mol. The van der Waals surface area contributed by atoms with Gasteiger partial charge in [-0.1, -0.05) is 24.9 Å². The molecule has 0 atom stereocenters. The van der Waals surface area contributed by atoms with E-state index < -0.39 is 22.7 Å². The van der Waals surface area contributed by atoms with Gasteiger partial charge in [0.05, 0.1) is 10.6 Å². The van der Waals surface area contributed by atoms with Crippen molar-refractivity contribution in [2.45, 2.75) is 25.9 Å². The van der Waals surface area contributed by atoms with Crippen molar-refractivity contribution in [1.82, 2.24) is 4.98 Å². The third kappa shape index (κ3) is 5.35. The molecule has 0 saturated carbocycles. The van der Waals surface area contributed by atoms with Gasteiger partial charge in [0, 0.05) is 24.0 Å². The highest BCUT2D eigenvalue weighted by Crippen LogP contribution is 2.36. The molecule has 0 aliphatic heterocycles. The fourth-order valence-corrected chi connectivity index (χ4v) is 2.31. The summed E-state index contributed by atoms with van der Waals surface area (Å²) in [5.74, 6) is 0.00424. The van der Waals surface area contributed by atoms with Gasteiger partial charge < -0.3 is 10.6 Å². The standard InChI is InChI=1S/C17H17ClF3N3O/c1-2-3-7-22-15-9-11(6-8-23-15)16(25)24-12-4-5-14(18)13(10-12)17(19,20)21/h4-6,8-10H,2-3,7H2,1H3,(H,22,23)(H,24,25). The molecule has 4 nitrogen and oxygen atoms in total. The second-order valence-electron chi connectivity index (χ2n) is 5.36. The maximum absolute atomic E-state index is 12.9. The maximum atomic E-state index is 12.9. The molecule has 0 spiro atoms. The number of hydrogen-bond acceptors (Lipinski definition) is 3. The molecule has 134 valence electrons. The molecule has 0 unspecified atom stereocenters. The van der Waals surface area contributed by atoms with E-state index in [9.17, 15) is 18.0 Å². The third-order valence-electron chi connectivity index (χ3n) is 3.39. The van der Waals surface area contributed by atoms with E-state index in [1.807, 2.05) is 0 Å². The van der Waals surface area contributed by atoms with Crippen molar-refractivity contribution in [2.75, 3.05) is 17.2 Å². The predicted octanol–water partition coefficient (Wildman–Crippen LogP) is 5.22. The van der Waals surface area contributed by atoms with Crippen molar-refractivity contribution in [3.05, 3.63) is 52.7 Å². The number of anilines is 2.